The minimum atomic E-state index is -3.72. The average Bonchev–Trinajstić information content (AvgIpc) is 3.06. The van der Waals surface area contributed by atoms with Gasteiger partial charge in [-0.1, -0.05) is 11.3 Å². The first-order valence-corrected chi connectivity index (χ1v) is 12.7. The normalized spacial score (nSPS) is 20.2. The first-order chi connectivity index (χ1) is 13.1. The second-order valence-corrected chi connectivity index (χ2v) is 11.4. The molecule has 1 aliphatic rings. The molecule has 2 heterocycles. The number of hydrogen-bond acceptors (Lipinski definition) is 11. The van der Waals surface area contributed by atoms with Gasteiger partial charge in [-0.05, 0) is 6.92 Å². The Labute approximate surface area is 174 Å². The largest absolute Gasteiger partial charge is 0.592 e. The van der Waals surface area contributed by atoms with Crippen molar-refractivity contribution in [2.75, 3.05) is 38.2 Å². The van der Waals surface area contributed by atoms with Crippen molar-refractivity contribution in [1.29, 1.82) is 0 Å². The minimum absolute atomic E-state index is 0.00182. The van der Waals surface area contributed by atoms with Gasteiger partial charge >= 0.3 is 0 Å². The lowest BCUT2D eigenvalue weighted by Crippen LogP contribution is -2.45. The first-order valence-electron chi connectivity index (χ1n) is 8.03. The Morgan fingerprint density at radius 1 is 1.57 bits per heavy atom. The number of thiophene rings is 1. The van der Waals surface area contributed by atoms with Gasteiger partial charge in [-0.2, -0.15) is 4.31 Å². The summed E-state index contributed by atoms with van der Waals surface area (Å²) < 4.78 is 38.3. The van der Waals surface area contributed by atoms with Gasteiger partial charge in [0.1, 0.15) is 4.21 Å². The molecule has 0 aliphatic carbocycles. The molecule has 1 unspecified atom stereocenters. The van der Waals surface area contributed by atoms with Gasteiger partial charge in [-0.3, -0.25) is 15.2 Å². The summed E-state index contributed by atoms with van der Waals surface area (Å²) in [7, 11) is -2.28. The molecular weight excluding hydrogens is 452 g/mol. The van der Waals surface area contributed by atoms with Crippen molar-refractivity contribution in [3.05, 3.63) is 11.6 Å². The van der Waals surface area contributed by atoms with Crippen LogP contribution in [0.4, 0.5) is 0 Å². The smallest absolute Gasteiger partial charge is 0.252 e. The van der Waals surface area contributed by atoms with Crippen LogP contribution in [0.3, 0.4) is 0 Å². The fourth-order valence-electron chi connectivity index (χ4n) is 2.74. The quantitative estimate of drug-likeness (QED) is 0.252. The summed E-state index contributed by atoms with van der Waals surface area (Å²) in [6.45, 7) is 2.23. The van der Waals surface area contributed by atoms with Crippen molar-refractivity contribution in [2.45, 2.75) is 21.4 Å². The molecule has 1 aromatic heterocycles. The molecule has 1 aliphatic heterocycles. The van der Waals surface area contributed by atoms with Crippen LogP contribution in [-0.4, -0.2) is 82.1 Å². The molecule has 0 saturated carbocycles. The molecule has 0 saturated heterocycles. The van der Waals surface area contributed by atoms with E-state index in [-0.39, 0.29) is 33.2 Å². The Morgan fingerprint density at radius 3 is 2.82 bits per heavy atom. The van der Waals surface area contributed by atoms with Crippen molar-refractivity contribution < 1.29 is 33.0 Å². The van der Waals surface area contributed by atoms with Crippen LogP contribution < -0.4 is 5.14 Å². The summed E-state index contributed by atoms with van der Waals surface area (Å²) in [6, 6.07) is 0.982. The molecule has 0 aromatic carbocycles. The number of carbonyl (C=O) groups excluding carboxylic acids is 1. The molecule has 28 heavy (non-hydrogen) atoms. The standard InChI is InChI=1S/C13H22N4O7S4/c1-3-16(11(18)8-25-5-4-24-17(19)20)10-7-15(2)28(22,23)13-9(10)6-12(26-13)27(14)21/h6,10,19-20H,3-5,7-8,14H2,1-2H3/t10-,27?/m0/s1. The van der Waals surface area contributed by atoms with Crippen LogP contribution in [0.5, 0.6) is 0 Å². The third kappa shape index (κ3) is 5.37. The van der Waals surface area contributed by atoms with Crippen LogP contribution >= 0.6 is 23.1 Å². The highest BCUT2D eigenvalue weighted by Crippen LogP contribution is 2.41. The molecule has 2 atom stereocenters. The van der Waals surface area contributed by atoms with Crippen LogP contribution in [0.1, 0.15) is 18.5 Å². The molecule has 0 radical (unpaired) electrons. The van der Waals surface area contributed by atoms with Gasteiger partial charge in [-0.25, -0.2) is 13.3 Å². The number of nitrogens with two attached hydrogens (primary N) is 1. The van der Waals surface area contributed by atoms with Gasteiger partial charge in [0, 0.05) is 37.5 Å². The maximum atomic E-state index is 12.7. The zero-order chi connectivity index (χ0) is 21.1. The van der Waals surface area contributed by atoms with Crippen molar-refractivity contribution in [2.24, 2.45) is 5.14 Å². The van der Waals surface area contributed by atoms with Crippen LogP contribution in [0.25, 0.3) is 0 Å². The van der Waals surface area contributed by atoms with Crippen LogP contribution in [0.2, 0.25) is 0 Å². The summed E-state index contributed by atoms with van der Waals surface area (Å²) in [5, 5.41) is 21.9. The van der Waals surface area contributed by atoms with E-state index in [0.29, 0.717) is 17.9 Å². The van der Waals surface area contributed by atoms with Crippen LogP contribution in [0.15, 0.2) is 14.5 Å². The lowest BCUT2D eigenvalue weighted by molar-refractivity contribution is -0.490. The molecule has 0 bridgehead atoms. The summed E-state index contributed by atoms with van der Waals surface area (Å²) >= 11 is 0.277. The zero-order valence-corrected chi connectivity index (χ0v) is 18.4. The van der Waals surface area contributed by atoms with Crippen LogP contribution in [0, 0.1) is 0 Å². The number of rotatable bonds is 9. The highest BCUT2D eigenvalue weighted by molar-refractivity contribution is 7.99. The third-order valence-corrected chi connectivity index (χ3v) is 9.49. The maximum absolute atomic E-state index is 12.7. The monoisotopic (exact) mass is 474 g/mol. The van der Waals surface area contributed by atoms with E-state index in [0.717, 1.165) is 11.3 Å². The Kier molecular flexibility index (Phi) is 8.53. The average molecular weight is 475 g/mol. The fourth-order valence-corrected chi connectivity index (χ4v) is 7.26. The van der Waals surface area contributed by atoms with Crippen molar-refractivity contribution in [3.8, 4) is 0 Å². The second kappa shape index (κ2) is 10.0. The SMILES string of the molecule is CCN(C(=O)CSCCON(O)O)[C@H]1CN(C)S(=O)(=O)c2sc([S+](N)[O-])cc21. The third-order valence-electron chi connectivity index (χ3n) is 4.03. The van der Waals surface area contributed by atoms with E-state index in [2.05, 4.69) is 4.84 Å². The fraction of sp³-hybridized carbons (Fsp3) is 0.615. The molecule has 11 nitrogen and oxygen atoms in total. The molecular formula is C13H22N4O7S4. The van der Waals surface area contributed by atoms with Crippen LogP contribution in [-0.2, 0) is 31.0 Å². The lowest BCUT2D eigenvalue weighted by Gasteiger charge is -2.36. The van der Waals surface area contributed by atoms with E-state index in [4.69, 9.17) is 15.6 Å². The molecule has 1 aromatic rings. The van der Waals surface area contributed by atoms with Gasteiger partial charge in [0.25, 0.3) is 10.0 Å². The predicted molar refractivity (Wildman–Crippen MR) is 104 cm³/mol. The van der Waals surface area contributed by atoms with Gasteiger partial charge < -0.3 is 9.45 Å². The van der Waals surface area contributed by atoms with Gasteiger partial charge in [-0.15, -0.1) is 16.9 Å². The Morgan fingerprint density at radius 2 is 2.25 bits per heavy atom. The summed E-state index contributed by atoms with van der Waals surface area (Å²) in [6.07, 6.45) is 0. The lowest BCUT2D eigenvalue weighted by atomic mass is 10.1. The molecule has 4 N–H and O–H groups in total. The number of fused-ring (bicyclic) bond motifs is 1. The molecule has 0 spiro atoms. The summed E-state index contributed by atoms with van der Waals surface area (Å²) in [4.78, 5) is 18.7. The number of likely N-dealkylation sites (N-methyl/N-ethyl adjacent to an activating group) is 2. The van der Waals surface area contributed by atoms with E-state index in [1.165, 1.54) is 29.2 Å². The number of nitrogens with zero attached hydrogens (tertiary/aromatic N) is 3. The molecule has 15 heteroatoms. The van der Waals surface area contributed by atoms with Gasteiger partial charge in [0.05, 0.1) is 35.2 Å². The van der Waals surface area contributed by atoms with E-state index in [1.54, 1.807) is 11.8 Å². The molecule has 0 fully saturated rings. The van der Waals surface area contributed by atoms with E-state index >= 15 is 0 Å². The topological polar surface area (TPSA) is 160 Å². The molecule has 160 valence electrons. The number of sulfonamides is 1. The Hall–Kier alpha value is -0.460. The van der Waals surface area contributed by atoms with Crippen molar-refractivity contribution in [3.63, 3.8) is 0 Å². The number of amides is 1. The Bertz CT molecular complexity index is 786. The van der Waals surface area contributed by atoms with Gasteiger partial charge in [0.15, 0.2) is 0 Å². The zero-order valence-electron chi connectivity index (χ0n) is 15.2. The number of hydrogen-bond donors (Lipinski definition) is 3. The number of thioether (sulfide) groups is 1. The minimum Gasteiger partial charge on any atom is -0.592 e. The predicted octanol–water partition coefficient (Wildman–Crippen LogP) is -0.00170. The highest BCUT2D eigenvalue weighted by Gasteiger charge is 2.41. The summed E-state index contributed by atoms with van der Waals surface area (Å²) in [5.41, 5.74) is 0.427. The molecule has 1 amide bonds. The van der Waals surface area contributed by atoms with E-state index in [1.807, 2.05) is 0 Å². The van der Waals surface area contributed by atoms with Crippen molar-refractivity contribution >= 4 is 50.4 Å². The summed E-state index contributed by atoms with van der Waals surface area (Å²) in [5.74, 6) is 0.248. The van der Waals surface area contributed by atoms with Crippen molar-refractivity contribution in [1.82, 2.24) is 14.6 Å². The Balaban J connectivity index is 2.18. The molecule has 2 rings (SSSR count). The first kappa shape index (κ1) is 23.8. The maximum Gasteiger partial charge on any atom is 0.252 e. The number of carbonyl (C=O) groups is 1. The van der Waals surface area contributed by atoms with Gasteiger partial charge in [0.2, 0.25) is 10.1 Å². The second-order valence-electron chi connectivity index (χ2n) is 5.73. The highest BCUT2D eigenvalue weighted by atomic mass is 32.3. The van der Waals surface area contributed by atoms with E-state index < -0.39 is 32.8 Å². The van der Waals surface area contributed by atoms with E-state index in [9.17, 15) is 17.8 Å².